The van der Waals surface area contributed by atoms with Gasteiger partial charge in [0.15, 0.2) is 11.5 Å². The first-order valence-electron chi connectivity index (χ1n) is 9.85. The van der Waals surface area contributed by atoms with E-state index in [1.807, 2.05) is 6.07 Å². The summed E-state index contributed by atoms with van der Waals surface area (Å²) in [6, 6.07) is 5.40. The van der Waals surface area contributed by atoms with Crippen molar-refractivity contribution in [3.05, 3.63) is 56.5 Å². The Balaban J connectivity index is 1.28. The van der Waals surface area contributed by atoms with Crippen molar-refractivity contribution in [3.8, 4) is 11.5 Å². The molecule has 5 rings (SSSR count). The molecule has 1 N–H and O–H groups in total. The highest BCUT2D eigenvalue weighted by molar-refractivity contribution is 7.18. The van der Waals surface area contributed by atoms with Crippen LogP contribution in [0.5, 0.6) is 11.5 Å². The fourth-order valence-corrected chi connectivity index (χ4v) is 5.23. The Morgan fingerprint density at radius 2 is 2.23 bits per heavy atom. The number of nitrogens with zero attached hydrogens (tertiary/aromatic N) is 1. The quantitative estimate of drug-likeness (QED) is 0.508. The number of aromatic amines is 1. The number of nitrogens with one attached hydrogen (secondary N) is 1. The molecule has 7 nitrogen and oxygen atoms in total. The van der Waals surface area contributed by atoms with Crippen LogP contribution in [0.25, 0.3) is 16.3 Å². The normalized spacial score (nSPS) is 17.4. The highest BCUT2D eigenvalue weighted by Gasteiger charge is 2.23. The molecule has 3 aromatic rings. The van der Waals surface area contributed by atoms with Crippen molar-refractivity contribution in [1.29, 1.82) is 0 Å². The van der Waals surface area contributed by atoms with Crippen molar-refractivity contribution in [2.24, 2.45) is 5.92 Å². The zero-order valence-corrected chi connectivity index (χ0v) is 17.2. The molecule has 1 aromatic carbocycles. The summed E-state index contributed by atoms with van der Waals surface area (Å²) in [7, 11) is 0. The van der Waals surface area contributed by atoms with E-state index in [-0.39, 0.29) is 19.0 Å². The monoisotopic (exact) mass is 424 g/mol. The molecule has 0 bridgehead atoms. The molecule has 1 atom stereocenters. The summed E-state index contributed by atoms with van der Waals surface area (Å²) in [5.74, 6) is 1.79. The second kappa shape index (κ2) is 7.60. The Morgan fingerprint density at radius 1 is 1.37 bits per heavy atom. The van der Waals surface area contributed by atoms with E-state index in [0.717, 1.165) is 35.2 Å². The Kier molecular flexibility index (Phi) is 4.78. The van der Waals surface area contributed by atoms with Crippen LogP contribution in [0, 0.1) is 5.92 Å². The highest BCUT2D eigenvalue weighted by atomic mass is 32.1. The molecule has 0 fully saturated rings. The molecule has 3 heterocycles. The molecule has 8 heteroatoms. The molecule has 2 aliphatic rings. The number of carbonyl (C=O) groups excluding carboxylic acids is 1. The first-order valence-corrected chi connectivity index (χ1v) is 10.7. The first kappa shape index (κ1) is 18.9. The van der Waals surface area contributed by atoms with Gasteiger partial charge in [0.25, 0.3) is 5.56 Å². The summed E-state index contributed by atoms with van der Waals surface area (Å²) in [5.41, 5.74) is 1.77. The van der Waals surface area contributed by atoms with Gasteiger partial charge in [-0.2, -0.15) is 0 Å². The zero-order valence-electron chi connectivity index (χ0n) is 16.4. The van der Waals surface area contributed by atoms with Gasteiger partial charge in [-0.1, -0.05) is 13.0 Å². The topological polar surface area (TPSA) is 90.5 Å². The molecule has 1 aliphatic heterocycles. The molecule has 0 saturated carbocycles. The predicted molar refractivity (Wildman–Crippen MR) is 113 cm³/mol. The number of hydrogen-bond donors (Lipinski definition) is 1. The fourth-order valence-electron chi connectivity index (χ4n) is 3.83. The van der Waals surface area contributed by atoms with Gasteiger partial charge in [-0.15, -0.1) is 11.3 Å². The van der Waals surface area contributed by atoms with E-state index in [9.17, 15) is 9.59 Å². The van der Waals surface area contributed by atoms with Crippen LogP contribution < -0.4 is 15.0 Å². The molecule has 1 unspecified atom stereocenters. The molecule has 0 spiro atoms. The van der Waals surface area contributed by atoms with Gasteiger partial charge in [-0.05, 0) is 54.5 Å². The number of esters is 1. The smallest absolute Gasteiger partial charge is 0.331 e. The van der Waals surface area contributed by atoms with E-state index in [1.165, 1.54) is 11.0 Å². The number of hydrogen-bond acceptors (Lipinski definition) is 7. The Hall–Kier alpha value is -3.13. The van der Waals surface area contributed by atoms with Crippen LogP contribution in [0.2, 0.25) is 0 Å². The Morgan fingerprint density at radius 3 is 3.13 bits per heavy atom. The average molecular weight is 424 g/mol. The third-order valence-electron chi connectivity index (χ3n) is 5.37. The molecule has 0 saturated heterocycles. The maximum Gasteiger partial charge on any atom is 0.331 e. The summed E-state index contributed by atoms with van der Waals surface area (Å²) in [5, 5.41) is 0.694. The minimum atomic E-state index is -0.519. The van der Waals surface area contributed by atoms with E-state index >= 15 is 0 Å². The van der Waals surface area contributed by atoms with Crippen molar-refractivity contribution >= 4 is 33.6 Å². The molecule has 0 radical (unpaired) electrons. The van der Waals surface area contributed by atoms with Crippen LogP contribution in [0.3, 0.4) is 0 Å². The second-order valence-electron chi connectivity index (χ2n) is 7.60. The van der Waals surface area contributed by atoms with Crippen molar-refractivity contribution in [1.82, 2.24) is 9.97 Å². The van der Waals surface area contributed by atoms with E-state index in [1.54, 1.807) is 29.5 Å². The number of aryl methyl sites for hydroxylation is 1. The van der Waals surface area contributed by atoms with Gasteiger partial charge in [-0.25, -0.2) is 9.78 Å². The summed E-state index contributed by atoms with van der Waals surface area (Å²) in [6.45, 7) is 2.34. The van der Waals surface area contributed by atoms with Gasteiger partial charge in [0.05, 0.1) is 5.39 Å². The number of ether oxygens (including phenoxy) is 3. The van der Waals surface area contributed by atoms with Crippen molar-refractivity contribution in [2.75, 3.05) is 6.79 Å². The molecule has 30 heavy (non-hydrogen) atoms. The first-order chi connectivity index (χ1) is 14.6. The largest absolute Gasteiger partial charge is 0.454 e. The maximum atomic E-state index is 12.6. The third-order valence-corrected chi connectivity index (χ3v) is 6.52. The molecule has 0 amide bonds. The fraction of sp³-hybridized carbons (Fsp3) is 0.318. The molecule has 154 valence electrons. The molecule has 2 aromatic heterocycles. The lowest BCUT2D eigenvalue weighted by molar-refractivity contribution is -0.139. The molecular weight excluding hydrogens is 404 g/mol. The van der Waals surface area contributed by atoms with Gasteiger partial charge in [0.1, 0.15) is 17.3 Å². The summed E-state index contributed by atoms with van der Waals surface area (Å²) in [4.78, 5) is 33.9. The van der Waals surface area contributed by atoms with Crippen molar-refractivity contribution in [2.45, 2.75) is 32.8 Å². The number of rotatable bonds is 4. The maximum absolute atomic E-state index is 12.6. The van der Waals surface area contributed by atoms with Crippen LogP contribution in [-0.2, 0) is 29.0 Å². The molecular formula is C22H20N2O5S. The highest BCUT2D eigenvalue weighted by Crippen LogP contribution is 2.35. The van der Waals surface area contributed by atoms with Crippen molar-refractivity contribution < 1.29 is 19.0 Å². The van der Waals surface area contributed by atoms with Crippen LogP contribution in [0.1, 0.15) is 35.2 Å². The second-order valence-corrected chi connectivity index (χ2v) is 8.68. The SMILES string of the molecule is CC1CCc2c(sc3nc(COC(=O)/C=C/c4ccc5c(c4)OCO5)[nH]c(=O)c23)C1. The zero-order chi connectivity index (χ0) is 20.7. The predicted octanol–water partition coefficient (Wildman–Crippen LogP) is 3.59. The minimum absolute atomic E-state index is 0.0888. The van der Waals surface area contributed by atoms with Gasteiger partial charge in [0, 0.05) is 11.0 Å². The number of benzene rings is 1. The number of H-pyrrole nitrogens is 1. The van der Waals surface area contributed by atoms with E-state index in [2.05, 4.69) is 16.9 Å². The van der Waals surface area contributed by atoms with Gasteiger partial charge < -0.3 is 19.2 Å². The van der Waals surface area contributed by atoms with Gasteiger partial charge >= 0.3 is 5.97 Å². The van der Waals surface area contributed by atoms with Crippen LogP contribution in [0.4, 0.5) is 0 Å². The van der Waals surface area contributed by atoms with E-state index < -0.39 is 5.97 Å². The average Bonchev–Trinajstić information content (AvgIpc) is 3.33. The lowest BCUT2D eigenvalue weighted by Gasteiger charge is -2.17. The van der Waals surface area contributed by atoms with Gasteiger partial charge in [0.2, 0.25) is 6.79 Å². The van der Waals surface area contributed by atoms with Crippen LogP contribution >= 0.6 is 11.3 Å². The Bertz CT molecular complexity index is 1230. The molecule has 1 aliphatic carbocycles. The number of fused-ring (bicyclic) bond motifs is 4. The Labute approximate surface area is 176 Å². The number of aromatic nitrogens is 2. The summed E-state index contributed by atoms with van der Waals surface area (Å²) < 4.78 is 15.8. The van der Waals surface area contributed by atoms with Gasteiger partial charge in [-0.3, -0.25) is 4.79 Å². The summed E-state index contributed by atoms with van der Waals surface area (Å²) in [6.07, 6.45) is 5.97. The summed E-state index contributed by atoms with van der Waals surface area (Å²) >= 11 is 1.58. The van der Waals surface area contributed by atoms with E-state index in [4.69, 9.17) is 14.2 Å². The van der Waals surface area contributed by atoms with Crippen LogP contribution in [0.15, 0.2) is 29.1 Å². The van der Waals surface area contributed by atoms with E-state index in [0.29, 0.717) is 28.6 Å². The standard InChI is InChI=1S/C22H20N2O5S/c1-12-2-5-14-17(8-12)30-22-20(14)21(26)23-18(24-22)10-27-19(25)7-4-13-3-6-15-16(9-13)29-11-28-15/h3-4,6-7,9,12H,2,5,8,10-11H2,1H3,(H,23,24,26)/b7-4+. The lowest BCUT2D eigenvalue weighted by atomic mass is 9.89. The lowest BCUT2D eigenvalue weighted by Crippen LogP contribution is -2.15. The number of carbonyl (C=O) groups is 1. The minimum Gasteiger partial charge on any atom is -0.454 e. The van der Waals surface area contributed by atoms with Crippen molar-refractivity contribution in [3.63, 3.8) is 0 Å². The third kappa shape index (κ3) is 3.59. The number of thiophene rings is 1. The van der Waals surface area contributed by atoms with Crippen LogP contribution in [-0.4, -0.2) is 22.7 Å².